The summed E-state index contributed by atoms with van der Waals surface area (Å²) in [6.45, 7) is 0.341. The number of carbonyl (C=O) groups is 1. The van der Waals surface area contributed by atoms with E-state index in [4.69, 9.17) is 21.1 Å². The molecule has 1 heterocycles. The van der Waals surface area contributed by atoms with E-state index in [1.165, 1.54) is 0 Å². The van der Waals surface area contributed by atoms with Crippen molar-refractivity contribution < 1.29 is 19.4 Å². The molecular weight excluding hydrogens is 362 g/mol. The normalized spacial score (nSPS) is 19.6. The van der Waals surface area contributed by atoms with Gasteiger partial charge in [-0.25, -0.2) is 0 Å². The molecule has 1 aliphatic rings. The van der Waals surface area contributed by atoms with Gasteiger partial charge in [0.15, 0.2) is 11.5 Å². The molecule has 2 aromatic rings. The average Bonchev–Trinajstić information content (AvgIpc) is 3.10. The lowest BCUT2D eigenvalue weighted by molar-refractivity contribution is -0.138. The van der Waals surface area contributed by atoms with Crippen LogP contribution in [0.5, 0.6) is 11.5 Å². The predicted molar refractivity (Wildman–Crippen MR) is 98.5 cm³/mol. The fourth-order valence-electron chi connectivity index (χ4n) is 2.63. The summed E-state index contributed by atoms with van der Waals surface area (Å²) in [6, 6.07) is 12.5. The number of aliphatic carboxylic acids is 1. The van der Waals surface area contributed by atoms with Gasteiger partial charge < -0.3 is 14.6 Å². The Hall–Kier alpha value is -1.89. The van der Waals surface area contributed by atoms with Gasteiger partial charge in [-0.1, -0.05) is 35.9 Å². The van der Waals surface area contributed by atoms with Gasteiger partial charge in [0.2, 0.25) is 0 Å². The van der Waals surface area contributed by atoms with Crippen molar-refractivity contribution in [3.63, 3.8) is 0 Å². The highest BCUT2D eigenvalue weighted by Gasteiger charge is 2.32. The number of hydrogen-bond acceptors (Lipinski definition) is 5. The van der Waals surface area contributed by atoms with Crippen molar-refractivity contribution in [3.8, 4) is 11.5 Å². The first-order valence-corrected chi connectivity index (χ1v) is 9.15. The average molecular weight is 380 g/mol. The van der Waals surface area contributed by atoms with Gasteiger partial charge in [-0.2, -0.15) is 0 Å². The number of benzene rings is 2. The van der Waals surface area contributed by atoms with E-state index in [0.717, 1.165) is 11.1 Å². The van der Waals surface area contributed by atoms with Gasteiger partial charge in [0, 0.05) is 16.3 Å². The lowest BCUT2D eigenvalue weighted by Gasteiger charge is -2.19. The molecular formula is C18H18ClNO4S. The van der Waals surface area contributed by atoms with Gasteiger partial charge in [-0.15, -0.1) is 11.8 Å². The van der Waals surface area contributed by atoms with Crippen LogP contribution in [0.25, 0.3) is 0 Å². The van der Waals surface area contributed by atoms with Gasteiger partial charge in [0.1, 0.15) is 12.6 Å². The van der Waals surface area contributed by atoms with Crippen LogP contribution in [0.3, 0.4) is 0 Å². The van der Waals surface area contributed by atoms with Crippen molar-refractivity contribution in [2.24, 2.45) is 0 Å². The molecule has 2 atom stereocenters. The molecule has 2 aromatic carbocycles. The van der Waals surface area contributed by atoms with Gasteiger partial charge in [0.05, 0.1) is 12.5 Å². The number of para-hydroxylation sites is 1. The summed E-state index contributed by atoms with van der Waals surface area (Å²) in [5, 5.41) is 12.8. The number of methoxy groups -OCH3 is 1. The number of hydrogen-bond donors (Lipinski definition) is 2. The maximum atomic E-state index is 11.2. The third kappa shape index (κ3) is 4.21. The molecule has 2 N–H and O–H groups in total. The Morgan fingerprint density at radius 3 is 2.84 bits per heavy atom. The first kappa shape index (κ1) is 17.9. The van der Waals surface area contributed by atoms with Crippen LogP contribution in [-0.2, 0) is 11.4 Å². The minimum absolute atomic E-state index is 0.162. The standard InChI is InChI=1S/C18H18ClNO4S/c1-23-15-7-3-6-13(17-20-14(10-25-17)18(21)22)16(15)24-9-11-4-2-5-12(19)8-11/h2-8,14,17,20H,9-10H2,1H3,(H,21,22). The molecule has 1 saturated heterocycles. The van der Waals surface area contributed by atoms with E-state index in [9.17, 15) is 9.90 Å². The fraction of sp³-hybridized carbons (Fsp3) is 0.278. The summed E-state index contributed by atoms with van der Waals surface area (Å²) in [5.41, 5.74) is 1.81. The SMILES string of the molecule is COc1cccc(C2NC(C(=O)O)CS2)c1OCc1cccc(Cl)c1. The van der Waals surface area contributed by atoms with Crippen LogP contribution >= 0.6 is 23.4 Å². The second kappa shape index (κ2) is 7.99. The second-order valence-electron chi connectivity index (χ2n) is 5.57. The number of thioether (sulfide) groups is 1. The zero-order chi connectivity index (χ0) is 17.8. The van der Waals surface area contributed by atoms with E-state index in [2.05, 4.69) is 5.32 Å². The summed E-state index contributed by atoms with van der Waals surface area (Å²) in [4.78, 5) is 11.2. The zero-order valence-corrected chi connectivity index (χ0v) is 15.1. The molecule has 3 rings (SSSR count). The summed E-state index contributed by atoms with van der Waals surface area (Å²) in [5.74, 6) is 0.881. The van der Waals surface area contributed by atoms with E-state index >= 15 is 0 Å². The molecule has 0 bridgehead atoms. The molecule has 5 nitrogen and oxygen atoms in total. The lowest BCUT2D eigenvalue weighted by atomic mass is 10.1. The van der Waals surface area contributed by atoms with Crippen LogP contribution in [-0.4, -0.2) is 30.0 Å². The molecule has 1 aliphatic heterocycles. The van der Waals surface area contributed by atoms with Crippen molar-refractivity contribution in [1.29, 1.82) is 0 Å². The summed E-state index contributed by atoms with van der Waals surface area (Å²) >= 11 is 7.56. The zero-order valence-electron chi connectivity index (χ0n) is 13.6. The van der Waals surface area contributed by atoms with Crippen molar-refractivity contribution in [1.82, 2.24) is 5.32 Å². The maximum absolute atomic E-state index is 11.2. The van der Waals surface area contributed by atoms with Crippen molar-refractivity contribution in [3.05, 3.63) is 58.6 Å². The second-order valence-corrected chi connectivity index (χ2v) is 7.14. The largest absolute Gasteiger partial charge is 0.493 e. The highest BCUT2D eigenvalue weighted by Crippen LogP contribution is 2.42. The first-order chi connectivity index (χ1) is 12.1. The van der Waals surface area contributed by atoms with E-state index in [-0.39, 0.29) is 5.37 Å². The van der Waals surface area contributed by atoms with Gasteiger partial charge in [0.25, 0.3) is 0 Å². The molecule has 0 aromatic heterocycles. The van der Waals surface area contributed by atoms with E-state index in [0.29, 0.717) is 28.9 Å². The number of ether oxygens (including phenoxy) is 2. The minimum atomic E-state index is -0.848. The Morgan fingerprint density at radius 2 is 2.16 bits per heavy atom. The van der Waals surface area contributed by atoms with Crippen LogP contribution in [0.15, 0.2) is 42.5 Å². The summed E-state index contributed by atoms with van der Waals surface area (Å²) < 4.78 is 11.5. The van der Waals surface area contributed by atoms with Crippen molar-refractivity contribution in [2.45, 2.75) is 18.0 Å². The molecule has 132 valence electrons. The van der Waals surface area contributed by atoms with E-state index < -0.39 is 12.0 Å². The summed E-state index contributed by atoms with van der Waals surface area (Å²) in [6.07, 6.45) is 0. The molecule has 0 spiro atoms. The third-order valence-electron chi connectivity index (χ3n) is 3.86. The van der Waals surface area contributed by atoms with E-state index in [1.54, 1.807) is 18.9 Å². The number of halogens is 1. The fourth-order valence-corrected chi connectivity index (χ4v) is 4.09. The Kier molecular flexibility index (Phi) is 5.73. The van der Waals surface area contributed by atoms with Gasteiger partial charge >= 0.3 is 5.97 Å². The molecule has 0 aliphatic carbocycles. The van der Waals surface area contributed by atoms with Crippen LogP contribution in [0.4, 0.5) is 0 Å². The summed E-state index contributed by atoms with van der Waals surface area (Å²) in [7, 11) is 1.58. The molecule has 1 fully saturated rings. The third-order valence-corrected chi connectivity index (χ3v) is 5.35. The topological polar surface area (TPSA) is 67.8 Å². The molecule has 7 heteroatoms. The number of carboxylic acids is 1. The first-order valence-electron chi connectivity index (χ1n) is 7.73. The quantitative estimate of drug-likeness (QED) is 0.797. The molecule has 25 heavy (non-hydrogen) atoms. The van der Waals surface area contributed by atoms with Crippen LogP contribution in [0.1, 0.15) is 16.5 Å². The van der Waals surface area contributed by atoms with Crippen molar-refractivity contribution >= 4 is 29.3 Å². The predicted octanol–water partition coefficient (Wildman–Crippen LogP) is 3.72. The number of carboxylic acid groups (broad SMARTS) is 1. The van der Waals surface area contributed by atoms with Gasteiger partial charge in [-0.3, -0.25) is 10.1 Å². The molecule has 0 saturated carbocycles. The lowest BCUT2D eigenvalue weighted by Crippen LogP contribution is -2.33. The van der Waals surface area contributed by atoms with Crippen LogP contribution in [0, 0.1) is 0 Å². The van der Waals surface area contributed by atoms with Crippen LogP contribution < -0.4 is 14.8 Å². The highest BCUT2D eigenvalue weighted by molar-refractivity contribution is 7.99. The molecule has 0 amide bonds. The smallest absolute Gasteiger partial charge is 0.321 e. The Labute approximate surface area is 155 Å². The Bertz CT molecular complexity index is 770. The highest BCUT2D eigenvalue weighted by atomic mass is 35.5. The molecule has 0 radical (unpaired) electrons. The number of rotatable bonds is 6. The van der Waals surface area contributed by atoms with Gasteiger partial charge in [-0.05, 0) is 23.8 Å². The van der Waals surface area contributed by atoms with Crippen LogP contribution in [0.2, 0.25) is 5.02 Å². The molecule has 2 unspecified atom stereocenters. The Morgan fingerprint density at radius 1 is 1.36 bits per heavy atom. The maximum Gasteiger partial charge on any atom is 0.321 e. The minimum Gasteiger partial charge on any atom is -0.493 e. The number of nitrogens with one attached hydrogen (secondary N) is 1. The van der Waals surface area contributed by atoms with Crippen molar-refractivity contribution in [2.75, 3.05) is 12.9 Å². The monoisotopic (exact) mass is 379 g/mol. The Balaban J connectivity index is 1.83. The van der Waals surface area contributed by atoms with E-state index in [1.807, 2.05) is 42.5 Å².